The molecule has 1 aromatic carbocycles. The van der Waals surface area contributed by atoms with Crippen LogP contribution in [-0.4, -0.2) is 24.5 Å². The first kappa shape index (κ1) is 14.1. The first-order chi connectivity index (χ1) is 8.21. The SMILES string of the molecule is CCN(CC)CCC(NN)c1cccc(F)c1. The van der Waals surface area contributed by atoms with Gasteiger partial charge in [0.05, 0.1) is 0 Å². The van der Waals surface area contributed by atoms with Gasteiger partial charge in [-0.15, -0.1) is 0 Å². The van der Waals surface area contributed by atoms with Crippen LogP contribution in [0.15, 0.2) is 24.3 Å². The van der Waals surface area contributed by atoms with Crippen LogP contribution in [0.2, 0.25) is 0 Å². The van der Waals surface area contributed by atoms with Crippen molar-refractivity contribution >= 4 is 0 Å². The summed E-state index contributed by atoms with van der Waals surface area (Å²) in [5, 5.41) is 0. The van der Waals surface area contributed by atoms with E-state index in [1.54, 1.807) is 6.07 Å². The maximum atomic E-state index is 13.1. The van der Waals surface area contributed by atoms with Crippen molar-refractivity contribution < 1.29 is 4.39 Å². The van der Waals surface area contributed by atoms with Crippen molar-refractivity contribution in [3.05, 3.63) is 35.6 Å². The molecule has 17 heavy (non-hydrogen) atoms. The molecule has 1 unspecified atom stereocenters. The van der Waals surface area contributed by atoms with E-state index in [-0.39, 0.29) is 11.9 Å². The fraction of sp³-hybridized carbons (Fsp3) is 0.538. The second kappa shape index (κ2) is 7.37. The molecule has 96 valence electrons. The minimum absolute atomic E-state index is 0.00583. The van der Waals surface area contributed by atoms with Crippen LogP contribution in [0.4, 0.5) is 4.39 Å². The summed E-state index contributed by atoms with van der Waals surface area (Å²) in [4.78, 5) is 2.32. The minimum Gasteiger partial charge on any atom is -0.304 e. The summed E-state index contributed by atoms with van der Waals surface area (Å²) >= 11 is 0. The van der Waals surface area contributed by atoms with E-state index >= 15 is 0 Å². The average molecular weight is 239 g/mol. The van der Waals surface area contributed by atoms with Gasteiger partial charge in [0, 0.05) is 6.04 Å². The number of nitrogens with zero attached hydrogens (tertiary/aromatic N) is 1. The molecule has 0 saturated heterocycles. The number of benzene rings is 1. The van der Waals surface area contributed by atoms with Gasteiger partial charge < -0.3 is 4.90 Å². The Labute approximate surface area is 103 Å². The van der Waals surface area contributed by atoms with Gasteiger partial charge in [0.1, 0.15) is 5.82 Å². The molecule has 0 saturated carbocycles. The Morgan fingerprint density at radius 3 is 2.59 bits per heavy atom. The normalized spacial score (nSPS) is 13.0. The number of nitrogens with two attached hydrogens (primary N) is 1. The maximum Gasteiger partial charge on any atom is 0.123 e. The lowest BCUT2D eigenvalue weighted by molar-refractivity contribution is 0.282. The Bertz CT molecular complexity index is 326. The molecule has 0 amide bonds. The number of rotatable bonds is 7. The molecule has 0 aliphatic heterocycles. The quantitative estimate of drug-likeness (QED) is 0.565. The smallest absolute Gasteiger partial charge is 0.123 e. The van der Waals surface area contributed by atoms with Crippen LogP contribution >= 0.6 is 0 Å². The summed E-state index contributed by atoms with van der Waals surface area (Å²) in [6, 6.07) is 6.60. The third kappa shape index (κ3) is 4.42. The monoisotopic (exact) mass is 239 g/mol. The molecule has 0 radical (unpaired) electrons. The van der Waals surface area contributed by atoms with Crippen molar-refractivity contribution in [3.63, 3.8) is 0 Å². The average Bonchev–Trinajstić information content (AvgIpc) is 2.35. The fourth-order valence-corrected chi connectivity index (χ4v) is 1.92. The molecular formula is C13H22FN3. The van der Waals surface area contributed by atoms with Gasteiger partial charge in [0.25, 0.3) is 0 Å². The van der Waals surface area contributed by atoms with Crippen LogP contribution in [0.1, 0.15) is 31.9 Å². The molecular weight excluding hydrogens is 217 g/mol. The lowest BCUT2D eigenvalue weighted by Crippen LogP contribution is -2.32. The van der Waals surface area contributed by atoms with Crippen LogP contribution in [0, 0.1) is 5.82 Å². The first-order valence-corrected chi connectivity index (χ1v) is 6.15. The van der Waals surface area contributed by atoms with Gasteiger partial charge in [-0.25, -0.2) is 4.39 Å². The molecule has 0 fully saturated rings. The van der Waals surface area contributed by atoms with Gasteiger partial charge in [0.15, 0.2) is 0 Å². The van der Waals surface area contributed by atoms with E-state index in [0.29, 0.717) is 0 Å². The molecule has 0 spiro atoms. The first-order valence-electron chi connectivity index (χ1n) is 6.15. The van der Waals surface area contributed by atoms with E-state index in [1.807, 2.05) is 6.07 Å². The highest BCUT2D eigenvalue weighted by Gasteiger charge is 2.11. The third-order valence-electron chi connectivity index (χ3n) is 3.08. The molecule has 1 aromatic rings. The van der Waals surface area contributed by atoms with Crippen LogP contribution in [0.3, 0.4) is 0 Å². The largest absolute Gasteiger partial charge is 0.304 e. The lowest BCUT2D eigenvalue weighted by Gasteiger charge is -2.22. The Hall–Kier alpha value is -0.970. The maximum absolute atomic E-state index is 13.1. The Morgan fingerprint density at radius 2 is 2.06 bits per heavy atom. The number of hydrazine groups is 1. The molecule has 1 rings (SSSR count). The molecule has 0 aromatic heterocycles. The van der Waals surface area contributed by atoms with E-state index in [9.17, 15) is 4.39 Å². The molecule has 1 atom stereocenters. The zero-order chi connectivity index (χ0) is 12.7. The van der Waals surface area contributed by atoms with Crippen molar-refractivity contribution in [3.8, 4) is 0 Å². The van der Waals surface area contributed by atoms with Gasteiger partial charge >= 0.3 is 0 Å². The van der Waals surface area contributed by atoms with Gasteiger partial charge in [-0.1, -0.05) is 26.0 Å². The highest BCUT2D eigenvalue weighted by molar-refractivity contribution is 5.19. The highest BCUT2D eigenvalue weighted by atomic mass is 19.1. The van der Waals surface area contributed by atoms with Crippen molar-refractivity contribution in [1.82, 2.24) is 10.3 Å². The summed E-state index contributed by atoms with van der Waals surface area (Å²) in [5.41, 5.74) is 3.66. The number of hydrogen-bond acceptors (Lipinski definition) is 3. The molecule has 3 nitrogen and oxygen atoms in total. The summed E-state index contributed by atoms with van der Waals surface area (Å²) in [7, 11) is 0. The van der Waals surface area contributed by atoms with Crippen molar-refractivity contribution in [2.75, 3.05) is 19.6 Å². The Kier molecular flexibility index (Phi) is 6.11. The van der Waals surface area contributed by atoms with Crippen molar-refractivity contribution in [1.29, 1.82) is 0 Å². The van der Waals surface area contributed by atoms with Crippen LogP contribution in [0.5, 0.6) is 0 Å². The highest BCUT2D eigenvalue weighted by Crippen LogP contribution is 2.17. The molecule has 0 heterocycles. The summed E-state index contributed by atoms with van der Waals surface area (Å²) in [6.07, 6.45) is 0.877. The van der Waals surface area contributed by atoms with Gasteiger partial charge in [-0.2, -0.15) is 0 Å². The van der Waals surface area contributed by atoms with E-state index in [1.165, 1.54) is 12.1 Å². The second-order valence-corrected chi connectivity index (χ2v) is 4.09. The van der Waals surface area contributed by atoms with Crippen molar-refractivity contribution in [2.24, 2.45) is 5.84 Å². The van der Waals surface area contributed by atoms with Gasteiger partial charge in [0.2, 0.25) is 0 Å². The van der Waals surface area contributed by atoms with E-state index in [0.717, 1.165) is 31.6 Å². The standard InChI is InChI=1S/C13H22FN3/c1-3-17(4-2)9-8-13(16-15)11-6-5-7-12(14)10-11/h5-7,10,13,16H,3-4,8-9,15H2,1-2H3. The van der Waals surface area contributed by atoms with Gasteiger partial charge in [-0.05, 0) is 43.8 Å². The van der Waals surface area contributed by atoms with Crippen LogP contribution < -0.4 is 11.3 Å². The summed E-state index contributed by atoms with van der Waals surface area (Å²) in [5.74, 6) is 5.32. The predicted octanol–water partition coefficient (Wildman–Crippen LogP) is 2.06. The lowest BCUT2D eigenvalue weighted by atomic mass is 10.0. The molecule has 0 bridgehead atoms. The topological polar surface area (TPSA) is 41.3 Å². The Balaban J connectivity index is 2.59. The summed E-state index contributed by atoms with van der Waals surface area (Å²) < 4.78 is 13.1. The van der Waals surface area contributed by atoms with Crippen molar-refractivity contribution in [2.45, 2.75) is 26.3 Å². The van der Waals surface area contributed by atoms with E-state index in [2.05, 4.69) is 24.2 Å². The van der Waals surface area contributed by atoms with E-state index < -0.39 is 0 Å². The molecule has 3 N–H and O–H groups in total. The fourth-order valence-electron chi connectivity index (χ4n) is 1.92. The minimum atomic E-state index is -0.217. The molecule has 4 heteroatoms. The number of nitrogens with one attached hydrogen (secondary N) is 1. The zero-order valence-electron chi connectivity index (χ0n) is 10.6. The van der Waals surface area contributed by atoms with E-state index in [4.69, 9.17) is 5.84 Å². The number of halogens is 1. The second-order valence-electron chi connectivity index (χ2n) is 4.09. The predicted molar refractivity (Wildman–Crippen MR) is 68.9 cm³/mol. The number of hydrogen-bond donors (Lipinski definition) is 2. The molecule has 0 aliphatic carbocycles. The van der Waals surface area contributed by atoms with Crippen LogP contribution in [0.25, 0.3) is 0 Å². The molecule has 0 aliphatic rings. The van der Waals surface area contributed by atoms with Crippen LogP contribution in [-0.2, 0) is 0 Å². The zero-order valence-corrected chi connectivity index (χ0v) is 10.6. The Morgan fingerprint density at radius 1 is 1.35 bits per heavy atom. The van der Waals surface area contributed by atoms with Gasteiger partial charge in [-0.3, -0.25) is 11.3 Å². The third-order valence-corrected chi connectivity index (χ3v) is 3.08. The summed E-state index contributed by atoms with van der Waals surface area (Å²) in [6.45, 7) is 7.28.